The Hall–Kier alpha value is -2.31. The van der Waals surface area contributed by atoms with Crippen molar-refractivity contribution in [3.8, 4) is 0 Å². The van der Waals surface area contributed by atoms with Gasteiger partial charge in [0.2, 0.25) is 5.91 Å². The molecule has 2 rings (SSSR count). The van der Waals surface area contributed by atoms with Gasteiger partial charge < -0.3 is 20.7 Å². The fraction of sp³-hybridized carbons (Fsp3) is 0.588. The van der Waals surface area contributed by atoms with Gasteiger partial charge in [-0.05, 0) is 38.3 Å². The number of carbonyl (C=O) groups excluding carboxylic acids is 2. The van der Waals surface area contributed by atoms with Crippen LogP contribution >= 0.6 is 0 Å². The van der Waals surface area contributed by atoms with Gasteiger partial charge in [0.15, 0.2) is 0 Å². The Morgan fingerprint density at radius 1 is 1.21 bits per heavy atom. The van der Waals surface area contributed by atoms with E-state index in [0.29, 0.717) is 19.6 Å². The van der Waals surface area contributed by atoms with Crippen molar-refractivity contribution in [2.24, 2.45) is 0 Å². The topological polar surface area (TPSA) is 92.3 Å². The van der Waals surface area contributed by atoms with Crippen LogP contribution in [-0.4, -0.2) is 43.1 Å². The number of aromatic nitrogens is 1. The molecule has 7 heteroatoms. The number of nitrogens with one attached hydrogen (secondary N) is 3. The van der Waals surface area contributed by atoms with E-state index < -0.39 is 0 Å². The maximum atomic E-state index is 11.7. The molecule has 0 spiro atoms. The van der Waals surface area contributed by atoms with Gasteiger partial charge in [-0.3, -0.25) is 9.59 Å². The molecule has 0 aliphatic carbocycles. The Kier molecular flexibility index (Phi) is 7.32. The summed E-state index contributed by atoms with van der Waals surface area (Å²) in [7, 11) is 0. The number of nitrogens with zero attached hydrogens (tertiary/aromatic N) is 1. The monoisotopic (exact) mass is 334 g/mol. The van der Waals surface area contributed by atoms with Gasteiger partial charge in [0.05, 0.1) is 18.7 Å². The molecule has 24 heavy (non-hydrogen) atoms. The molecule has 7 nitrogen and oxygen atoms in total. The Balaban J connectivity index is 1.59. The first-order chi connectivity index (χ1) is 11.7. The predicted molar refractivity (Wildman–Crippen MR) is 93.0 cm³/mol. The molecule has 1 aromatic rings. The number of amides is 1. The highest BCUT2D eigenvalue weighted by molar-refractivity contribution is 5.77. The van der Waals surface area contributed by atoms with Crippen LogP contribution in [0.1, 0.15) is 38.3 Å². The fourth-order valence-electron chi connectivity index (χ4n) is 2.51. The summed E-state index contributed by atoms with van der Waals surface area (Å²) in [5.74, 6) is 0.610. The van der Waals surface area contributed by atoms with Crippen molar-refractivity contribution in [3.63, 3.8) is 0 Å². The third kappa shape index (κ3) is 6.06. The number of anilines is 2. The highest BCUT2D eigenvalue weighted by Gasteiger charge is 2.09. The lowest BCUT2D eigenvalue weighted by Crippen LogP contribution is -2.26. The number of carbonyl (C=O) groups is 2. The molecule has 0 atom stereocenters. The van der Waals surface area contributed by atoms with Gasteiger partial charge in [-0.25, -0.2) is 4.98 Å². The second-order valence-electron chi connectivity index (χ2n) is 5.66. The average Bonchev–Trinajstić information content (AvgIpc) is 2.59. The van der Waals surface area contributed by atoms with Crippen molar-refractivity contribution in [3.05, 3.63) is 17.8 Å². The van der Waals surface area contributed by atoms with Gasteiger partial charge in [0.1, 0.15) is 5.82 Å². The zero-order valence-electron chi connectivity index (χ0n) is 14.2. The second kappa shape index (κ2) is 9.75. The van der Waals surface area contributed by atoms with Crippen LogP contribution in [0.3, 0.4) is 0 Å². The van der Waals surface area contributed by atoms with E-state index in [1.165, 1.54) is 0 Å². The average molecular weight is 334 g/mol. The van der Waals surface area contributed by atoms with Gasteiger partial charge in [-0.2, -0.15) is 0 Å². The lowest BCUT2D eigenvalue weighted by molar-refractivity contribution is -0.143. The van der Waals surface area contributed by atoms with Crippen LogP contribution in [0, 0.1) is 0 Å². The third-order valence-electron chi connectivity index (χ3n) is 3.73. The molecule has 0 saturated heterocycles. The molecular weight excluding hydrogens is 308 g/mol. The lowest BCUT2D eigenvalue weighted by atomic mass is 10.1. The maximum Gasteiger partial charge on any atom is 0.307 e. The molecule has 0 aromatic carbocycles. The third-order valence-corrected chi connectivity index (χ3v) is 3.73. The molecule has 132 valence electrons. The molecule has 0 bridgehead atoms. The van der Waals surface area contributed by atoms with Gasteiger partial charge >= 0.3 is 5.97 Å². The molecule has 0 radical (unpaired) electrons. The molecule has 1 aliphatic rings. The molecular formula is C17H26N4O3. The van der Waals surface area contributed by atoms with E-state index in [0.717, 1.165) is 49.6 Å². The molecule has 2 heterocycles. The highest BCUT2D eigenvalue weighted by atomic mass is 16.5. The number of fused-ring (bicyclic) bond motifs is 1. The number of hydrogen-bond acceptors (Lipinski definition) is 6. The largest absolute Gasteiger partial charge is 0.466 e. The number of unbranched alkanes of at least 4 members (excludes halogenated alkanes) is 1. The fourth-order valence-corrected chi connectivity index (χ4v) is 2.51. The summed E-state index contributed by atoms with van der Waals surface area (Å²) in [4.78, 5) is 27.4. The molecule has 0 saturated carbocycles. The van der Waals surface area contributed by atoms with Crippen LogP contribution in [-0.2, 0) is 20.7 Å². The molecule has 0 fully saturated rings. The van der Waals surface area contributed by atoms with Crippen molar-refractivity contribution < 1.29 is 14.3 Å². The number of pyridine rings is 1. The van der Waals surface area contributed by atoms with E-state index in [1.807, 2.05) is 12.1 Å². The van der Waals surface area contributed by atoms with Crippen LogP contribution in [0.2, 0.25) is 0 Å². The normalized spacial score (nSPS) is 12.5. The van der Waals surface area contributed by atoms with Gasteiger partial charge in [0.25, 0.3) is 0 Å². The summed E-state index contributed by atoms with van der Waals surface area (Å²) >= 11 is 0. The summed E-state index contributed by atoms with van der Waals surface area (Å²) in [5.41, 5.74) is 2.08. The first-order valence-corrected chi connectivity index (χ1v) is 8.59. The summed E-state index contributed by atoms with van der Waals surface area (Å²) in [6, 6.07) is 4.07. The molecule has 1 aliphatic heterocycles. The van der Waals surface area contributed by atoms with Gasteiger partial charge in [-0.15, -0.1) is 0 Å². The minimum Gasteiger partial charge on any atom is -0.466 e. The zero-order chi connectivity index (χ0) is 17.2. The summed E-state index contributed by atoms with van der Waals surface area (Å²) in [5, 5.41) is 9.31. The maximum absolute atomic E-state index is 11.7. The summed E-state index contributed by atoms with van der Waals surface area (Å²) in [6.45, 7) is 4.27. The Morgan fingerprint density at radius 3 is 2.88 bits per heavy atom. The quantitative estimate of drug-likeness (QED) is 0.470. The number of ether oxygens (including phenoxy) is 1. The van der Waals surface area contributed by atoms with Crippen LogP contribution in [0.15, 0.2) is 12.1 Å². The standard InChI is InChI=1S/C17H26N4O3/c1-2-24-16(23)9-10-19-15(22)6-4-3-5-13-7-8-14-17(21-13)20-12-11-18-14/h7-8,18H,2-6,9-12H2,1H3,(H,19,22)(H,20,21). The smallest absolute Gasteiger partial charge is 0.307 e. The van der Waals surface area contributed by atoms with Crippen molar-refractivity contribution in [2.75, 3.05) is 36.9 Å². The van der Waals surface area contributed by atoms with E-state index >= 15 is 0 Å². The number of esters is 1. The second-order valence-corrected chi connectivity index (χ2v) is 5.66. The summed E-state index contributed by atoms with van der Waals surface area (Å²) < 4.78 is 4.80. The van der Waals surface area contributed by atoms with Crippen molar-refractivity contribution in [1.29, 1.82) is 0 Å². The Morgan fingerprint density at radius 2 is 2.04 bits per heavy atom. The van der Waals surface area contributed by atoms with Gasteiger partial charge in [0, 0.05) is 31.7 Å². The van der Waals surface area contributed by atoms with E-state index in [1.54, 1.807) is 6.92 Å². The first kappa shape index (κ1) is 18.0. The minimum atomic E-state index is -0.278. The lowest BCUT2D eigenvalue weighted by Gasteiger charge is -2.19. The molecule has 1 aromatic heterocycles. The number of aryl methyl sites for hydroxylation is 1. The SMILES string of the molecule is CCOC(=O)CCNC(=O)CCCCc1ccc2c(n1)NCCN2. The van der Waals surface area contributed by atoms with Crippen molar-refractivity contribution in [2.45, 2.75) is 39.0 Å². The van der Waals surface area contributed by atoms with Crippen LogP contribution in [0.5, 0.6) is 0 Å². The van der Waals surface area contributed by atoms with E-state index in [4.69, 9.17) is 4.74 Å². The van der Waals surface area contributed by atoms with Crippen LogP contribution < -0.4 is 16.0 Å². The van der Waals surface area contributed by atoms with Crippen molar-refractivity contribution >= 4 is 23.4 Å². The molecule has 0 unspecified atom stereocenters. The van der Waals surface area contributed by atoms with Crippen LogP contribution in [0.25, 0.3) is 0 Å². The minimum absolute atomic E-state index is 0.0245. The zero-order valence-corrected chi connectivity index (χ0v) is 14.2. The first-order valence-electron chi connectivity index (χ1n) is 8.59. The number of hydrogen-bond donors (Lipinski definition) is 3. The highest BCUT2D eigenvalue weighted by Crippen LogP contribution is 2.22. The Bertz CT molecular complexity index is 563. The predicted octanol–water partition coefficient (Wildman–Crippen LogP) is 1.70. The van der Waals surface area contributed by atoms with E-state index in [-0.39, 0.29) is 18.3 Å². The molecule has 1 amide bonds. The Labute approximate surface area is 142 Å². The van der Waals surface area contributed by atoms with Gasteiger partial charge in [-0.1, -0.05) is 0 Å². The van der Waals surface area contributed by atoms with Crippen molar-refractivity contribution in [1.82, 2.24) is 10.3 Å². The van der Waals surface area contributed by atoms with E-state index in [2.05, 4.69) is 20.9 Å². The molecule has 3 N–H and O–H groups in total. The van der Waals surface area contributed by atoms with Crippen LogP contribution in [0.4, 0.5) is 11.5 Å². The van der Waals surface area contributed by atoms with E-state index in [9.17, 15) is 9.59 Å². The summed E-state index contributed by atoms with van der Waals surface area (Å²) in [6.07, 6.45) is 3.25. The number of rotatable bonds is 9.